The Bertz CT molecular complexity index is 610. The van der Waals surface area contributed by atoms with Crippen LogP contribution < -0.4 is 10.5 Å². The Morgan fingerprint density at radius 3 is 2.55 bits per heavy atom. The number of hydrogen-bond donors (Lipinski definition) is 2. The van der Waals surface area contributed by atoms with Crippen molar-refractivity contribution >= 4 is 21.4 Å². The second-order valence-electron chi connectivity index (χ2n) is 4.51. The molecular formula is C11H15N3O5S. The molecule has 0 aliphatic carbocycles. The van der Waals surface area contributed by atoms with Crippen LogP contribution in [0, 0.1) is 10.1 Å². The third-order valence-corrected chi connectivity index (χ3v) is 3.99. The van der Waals surface area contributed by atoms with Crippen LogP contribution in [0.25, 0.3) is 0 Å². The van der Waals surface area contributed by atoms with Gasteiger partial charge in [-0.1, -0.05) is 0 Å². The molecule has 8 nitrogen and oxygen atoms in total. The smallest absolute Gasteiger partial charge is 0.293 e. The van der Waals surface area contributed by atoms with Crippen LogP contribution in [0.3, 0.4) is 0 Å². The zero-order valence-corrected chi connectivity index (χ0v) is 11.4. The van der Waals surface area contributed by atoms with Crippen molar-refractivity contribution in [3.63, 3.8) is 0 Å². The summed E-state index contributed by atoms with van der Waals surface area (Å²) in [5.41, 5.74) is -0.0164. The fraction of sp³-hybridized carbons (Fsp3) is 0.455. The van der Waals surface area contributed by atoms with Crippen LogP contribution in [0.5, 0.6) is 0 Å². The highest BCUT2D eigenvalue weighted by Crippen LogP contribution is 2.28. The van der Waals surface area contributed by atoms with E-state index in [1.54, 1.807) is 0 Å². The number of nitrogens with zero attached hydrogens (tertiary/aromatic N) is 1. The lowest BCUT2D eigenvalue weighted by atomic mass is 10.1. The molecule has 0 atom stereocenters. The maximum Gasteiger partial charge on any atom is 0.293 e. The predicted octanol–water partition coefficient (Wildman–Crippen LogP) is 0.833. The van der Waals surface area contributed by atoms with Crippen LogP contribution >= 0.6 is 0 Å². The summed E-state index contributed by atoms with van der Waals surface area (Å²) >= 11 is 0. The minimum absolute atomic E-state index is 0.0720. The van der Waals surface area contributed by atoms with Gasteiger partial charge in [0, 0.05) is 25.3 Å². The Morgan fingerprint density at radius 2 is 2.00 bits per heavy atom. The van der Waals surface area contributed by atoms with Crippen molar-refractivity contribution in [2.75, 3.05) is 18.5 Å². The van der Waals surface area contributed by atoms with Gasteiger partial charge in [-0.3, -0.25) is 10.1 Å². The van der Waals surface area contributed by atoms with E-state index in [9.17, 15) is 18.5 Å². The van der Waals surface area contributed by atoms with Gasteiger partial charge in [0.05, 0.1) is 9.82 Å². The Labute approximate surface area is 116 Å². The largest absolute Gasteiger partial charge is 0.381 e. The molecule has 0 aromatic heterocycles. The minimum Gasteiger partial charge on any atom is -0.381 e. The highest BCUT2D eigenvalue weighted by Gasteiger charge is 2.22. The monoisotopic (exact) mass is 301 g/mol. The Hall–Kier alpha value is -1.71. The summed E-state index contributed by atoms with van der Waals surface area (Å²) in [5, 5.41) is 19.1. The molecule has 0 spiro atoms. The van der Waals surface area contributed by atoms with Crippen molar-refractivity contribution in [3.8, 4) is 0 Å². The molecule has 1 heterocycles. The molecule has 3 N–H and O–H groups in total. The average molecular weight is 301 g/mol. The molecule has 1 fully saturated rings. The Balaban J connectivity index is 2.30. The number of anilines is 1. The molecule has 9 heteroatoms. The zero-order valence-electron chi connectivity index (χ0n) is 10.6. The van der Waals surface area contributed by atoms with Crippen LogP contribution in [-0.4, -0.2) is 32.6 Å². The molecule has 0 bridgehead atoms. The van der Waals surface area contributed by atoms with Gasteiger partial charge in [0.2, 0.25) is 10.0 Å². The highest BCUT2D eigenvalue weighted by molar-refractivity contribution is 7.89. The van der Waals surface area contributed by atoms with E-state index >= 15 is 0 Å². The zero-order chi connectivity index (χ0) is 14.8. The number of hydrogen-bond acceptors (Lipinski definition) is 6. The maximum absolute atomic E-state index is 11.2. The molecule has 0 radical (unpaired) electrons. The summed E-state index contributed by atoms with van der Waals surface area (Å²) in [7, 11) is -3.96. The lowest BCUT2D eigenvalue weighted by molar-refractivity contribution is -0.384. The first-order valence-electron chi connectivity index (χ1n) is 6.03. The van der Waals surface area contributed by atoms with Crippen molar-refractivity contribution < 1.29 is 18.1 Å². The number of nitrogens with two attached hydrogens (primary N) is 1. The quantitative estimate of drug-likeness (QED) is 0.627. The van der Waals surface area contributed by atoms with Crippen molar-refractivity contribution in [2.24, 2.45) is 5.14 Å². The van der Waals surface area contributed by atoms with E-state index in [0.717, 1.165) is 18.9 Å². The molecular weight excluding hydrogens is 286 g/mol. The van der Waals surface area contributed by atoms with Gasteiger partial charge in [-0.2, -0.15) is 0 Å². The Kier molecular flexibility index (Phi) is 4.21. The number of sulfonamides is 1. The normalized spacial score (nSPS) is 16.9. The van der Waals surface area contributed by atoms with E-state index in [0.29, 0.717) is 13.2 Å². The second kappa shape index (κ2) is 5.73. The van der Waals surface area contributed by atoms with Crippen molar-refractivity contribution in [2.45, 2.75) is 23.8 Å². The first kappa shape index (κ1) is 14.7. The van der Waals surface area contributed by atoms with E-state index < -0.39 is 14.9 Å². The van der Waals surface area contributed by atoms with Gasteiger partial charge >= 0.3 is 0 Å². The number of nitro groups is 1. The van der Waals surface area contributed by atoms with Crippen molar-refractivity contribution in [1.29, 1.82) is 0 Å². The Morgan fingerprint density at radius 1 is 1.35 bits per heavy atom. The summed E-state index contributed by atoms with van der Waals surface area (Å²) in [4.78, 5) is 10.1. The fourth-order valence-corrected chi connectivity index (χ4v) is 2.56. The number of ether oxygens (including phenoxy) is 1. The highest BCUT2D eigenvalue weighted by atomic mass is 32.2. The summed E-state index contributed by atoms with van der Waals surface area (Å²) in [5.74, 6) is 0. The SMILES string of the molecule is NS(=O)(=O)c1ccc(NC2CCOCC2)c([N+](=O)[O-])c1. The summed E-state index contributed by atoms with van der Waals surface area (Å²) < 4.78 is 27.7. The third kappa shape index (κ3) is 3.44. The number of primary sulfonamides is 1. The average Bonchev–Trinajstić information content (AvgIpc) is 2.38. The minimum atomic E-state index is -3.96. The molecule has 1 saturated heterocycles. The van der Waals surface area contributed by atoms with Crippen LogP contribution in [0.15, 0.2) is 23.1 Å². The van der Waals surface area contributed by atoms with Gasteiger partial charge in [-0.05, 0) is 25.0 Å². The molecule has 1 aliphatic heterocycles. The molecule has 0 unspecified atom stereocenters. The molecule has 0 saturated carbocycles. The summed E-state index contributed by atoms with van der Waals surface area (Å²) in [6.45, 7) is 1.20. The predicted molar refractivity (Wildman–Crippen MR) is 71.9 cm³/mol. The van der Waals surface area contributed by atoms with E-state index in [-0.39, 0.29) is 22.3 Å². The molecule has 2 rings (SSSR count). The molecule has 20 heavy (non-hydrogen) atoms. The van der Waals surface area contributed by atoms with Gasteiger partial charge in [-0.25, -0.2) is 13.6 Å². The van der Waals surface area contributed by atoms with Gasteiger partial charge in [0.1, 0.15) is 5.69 Å². The lowest BCUT2D eigenvalue weighted by Gasteiger charge is -2.24. The first-order chi connectivity index (χ1) is 9.38. The van der Waals surface area contributed by atoms with Crippen molar-refractivity contribution in [3.05, 3.63) is 28.3 Å². The maximum atomic E-state index is 11.2. The first-order valence-corrected chi connectivity index (χ1v) is 7.58. The van der Waals surface area contributed by atoms with Gasteiger partial charge in [-0.15, -0.1) is 0 Å². The van der Waals surface area contributed by atoms with Gasteiger partial charge < -0.3 is 10.1 Å². The molecule has 110 valence electrons. The third-order valence-electron chi connectivity index (χ3n) is 3.08. The van der Waals surface area contributed by atoms with Crippen LogP contribution in [0.4, 0.5) is 11.4 Å². The standard InChI is InChI=1S/C11H15N3O5S/c12-20(17,18)9-1-2-10(11(7-9)14(15)16)13-8-3-5-19-6-4-8/h1-2,7-8,13H,3-6H2,(H2,12,17,18). The van der Waals surface area contributed by atoms with Gasteiger partial charge in [0.15, 0.2) is 0 Å². The summed E-state index contributed by atoms with van der Waals surface area (Å²) in [6, 6.07) is 3.66. The molecule has 1 aromatic carbocycles. The number of rotatable bonds is 4. The molecule has 0 amide bonds. The van der Waals surface area contributed by atoms with E-state index in [1.807, 2.05) is 0 Å². The molecule has 1 aromatic rings. The topological polar surface area (TPSA) is 125 Å². The lowest BCUT2D eigenvalue weighted by Crippen LogP contribution is -2.28. The summed E-state index contributed by atoms with van der Waals surface area (Å²) in [6.07, 6.45) is 1.49. The molecule has 1 aliphatic rings. The van der Waals surface area contributed by atoms with Crippen LogP contribution in [-0.2, 0) is 14.8 Å². The van der Waals surface area contributed by atoms with Crippen LogP contribution in [0.2, 0.25) is 0 Å². The van der Waals surface area contributed by atoms with Crippen molar-refractivity contribution in [1.82, 2.24) is 0 Å². The fourth-order valence-electron chi connectivity index (χ4n) is 2.02. The van der Waals surface area contributed by atoms with E-state index in [1.165, 1.54) is 12.1 Å². The number of benzene rings is 1. The van der Waals surface area contributed by atoms with Gasteiger partial charge in [0.25, 0.3) is 5.69 Å². The second-order valence-corrected chi connectivity index (χ2v) is 6.07. The number of nitro benzene ring substituents is 1. The number of nitrogens with one attached hydrogen (secondary N) is 1. The van der Waals surface area contributed by atoms with Crippen LogP contribution in [0.1, 0.15) is 12.8 Å². The van der Waals surface area contributed by atoms with E-state index in [2.05, 4.69) is 5.32 Å². The van der Waals surface area contributed by atoms with E-state index in [4.69, 9.17) is 9.88 Å².